The van der Waals surface area contributed by atoms with Crippen LogP contribution in [0.25, 0.3) is 0 Å². The van der Waals surface area contributed by atoms with Gasteiger partial charge in [-0.2, -0.15) is 5.26 Å². The molecule has 0 saturated heterocycles. The molecule has 0 aromatic heterocycles. The normalized spacial score (nSPS) is 9.63. The zero-order valence-electron chi connectivity index (χ0n) is 9.74. The molecule has 0 fully saturated rings. The number of nitrogen functional groups attached to an aromatic ring is 1. The Morgan fingerprint density at radius 3 is 2.68 bits per heavy atom. The van der Waals surface area contributed by atoms with E-state index in [4.69, 9.17) is 15.7 Å². The number of nitrogens with two attached hydrogens (primary N) is 1. The minimum atomic E-state index is -0.556. The van der Waals surface area contributed by atoms with E-state index in [1.165, 1.54) is 18.2 Å². The van der Waals surface area contributed by atoms with Crippen LogP contribution < -0.4 is 10.5 Å². The summed E-state index contributed by atoms with van der Waals surface area (Å²) in [6, 6.07) is 12.5. The van der Waals surface area contributed by atoms with E-state index in [0.717, 1.165) is 0 Å². The molecule has 94 valence electrons. The van der Waals surface area contributed by atoms with Gasteiger partial charge < -0.3 is 10.5 Å². The highest BCUT2D eigenvalue weighted by atomic mass is 16.6. The quantitative estimate of drug-likeness (QED) is 0.516. The highest BCUT2D eigenvalue weighted by molar-refractivity contribution is 5.55. The molecule has 0 aliphatic heterocycles. The molecule has 0 bridgehead atoms. The summed E-state index contributed by atoms with van der Waals surface area (Å²) in [5, 5.41) is 19.7. The molecule has 0 amide bonds. The number of anilines is 1. The molecule has 2 aromatic rings. The van der Waals surface area contributed by atoms with Crippen molar-refractivity contribution in [2.24, 2.45) is 0 Å². The number of benzene rings is 2. The first kappa shape index (κ1) is 12.4. The minimum Gasteiger partial charge on any atom is -0.456 e. The van der Waals surface area contributed by atoms with Crippen molar-refractivity contribution in [3.05, 3.63) is 58.1 Å². The Morgan fingerprint density at radius 2 is 2.00 bits per heavy atom. The lowest BCUT2D eigenvalue weighted by Crippen LogP contribution is -1.94. The van der Waals surface area contributed by atoms with E-state index in [2.05, 4.69) is 0 Å². The fraction of sp³-hybridized carbons (Fsp3) is 0. The number of non-ortho nitro benzene ring substituents is 1. The second-order valence-corrected chi connectivity index (χ2v) is 3.73. The zero-order chi connectivity index (χ0) is 13.8. The molecule has 0 aliphatic rings. The maximum atomic E-state index is 10.7. The second kappa shape index (κ2) is 5.06. The predicted molar refractivity (Wildman–Crippen MR) is 68.7 cm³/mol. The summed E-state index contributed by atoms with van der Waals surface area (Å²) < 4.78 is 5.47. The van der Waals surface area contributed by atoms with Crippen molar-refractivity contribution in [1.29, 1.82) is 5.26 Å². The third-order valence-electron chi connectivity index (χ3n) is 2.36. The first-order valence-electron chi connectivity index (χ1n) is 5.32. The summed E-state index contributed by atoms with van der Waals surface area (Å²) in [4.78, 5) is 10.2. The Kier molecular flexibility index (Phi) is 3.30. The number of nitriles is 1. The van der Waals surface area contributed by atoms with Gasteiger partial charge in [0.25, 0.3) is 5.69 Å². The summed E-state index contributed by atoms with van der Waals surface area (Å²) in [7, 11) is 0. The van der Waals surface area contributed by atoms with Crippen LogP contribution in [0, 0.1) is 21.4 Å². The van der Waals surface area contributed by atoms with Crippen molar-refractivity contribution in [2.75, 3.05) is 5.73 Å². The fourth-order valence-electron chi connectivity index (χ4n) is 1.55. The van der Waals surface area contributed by atoms with Crippen LogP contribution in [0.2, 0.25) is 0 Å². The highest BCUT2D eigenvalue weighted by Crippen LogP contribution is 2.29. The number of hydrogen-bond acceptors (Lipinski definition) is 5. The van der Waals surface area contributed by atoms with Crippen LogP contribution in [0.4, 0.5) is 11.4 Å². The molecule has 0 spiro atoms. The number of para-hydroxylation sites is 1. The SMILES string of the molecule is N#Cc1ccccc1Oc1cc(N)cc([N+](=O)[O-])c1. The maximum Gasteiger partial charge on any atom is 0.275 e. The number of nitrogens with zero attached hydrogens (tertiary/aromatic N) is 2. The monoisotopic (exact) mass is 255 g/mol. The van der Waals surface area contributed by atoms with Crippen molar-refractivity contribution < 1.29 is 9.66 Å². The lowest BCUT2D eigenvalue weighted by molar-refractivity contribution is -0.384. The fourth-order valence-corrected chi connectivity index (χ4v) is 1.55. The van der Waals surface area contributed by atoms with E-state index in [1.54, 1.807) is 24.3 Å². The molecule has 2 N–H and O–H groups in total. The third-order valence-corrected chi connectivity index (χ3v) is 2.36. The Morgan fingerprint density at radius 1 is 1.26 bits per heavy atom. The molecule has 2 aromatic carbocycles. The average molecular weight is 255 g/mol. The van der Waals surface area contributed by atoms with E-state index >= 15 is 0 Å². The Hall–Kier alpha value is -3.07. The van der Waals surface area contributed by atoms with Crippen LogP contribution in [0.1, 0.15) is 5.56 Å². The van der Waals surface area contributed by atoms with E-state index in [9.17, 15) is 10.1 Å². The summed E-state index contributed by atoms with van der Waals surface area (Å²) >= 11 is 0. The minimum absolute atomic E-state index is 0.163. The topological polar surface area (TPSA) is 102 Å². The first-order chi connectivity index (χ1) is 9.10. The van der Waals surface area contributed by atoms with Crippen LogP contribution in [0.3, 0.4) is 0 Å². The molecular formula is C13H9N3O3. The van der Waals surface area contributed by atoms with Gasteiger partial charge in [0.05, 0.1) is 16.6 Å². The van der Waals surface area contributed by atoms with Gasteiger partial charge in [-0.25, -0.2) is 0 Å². The van der Waals surface area contributed by atoms with Crippen molar-refractivity contribution >= 4 is 11.4 Å². The lowest BCUT2D eigenvalue weighted by atomic mass is 10.2. The summed E-state index contributed by atoms with van der Waals surface area (Å²) in [6.45, 7) is 0. The maximum absolute atomic E-state index is 10.7. The van der Waals surface area contributed by atoms with Crippen LogP contribution in [0.15, 0.2) is 42.5 Å². The van der Waals surface area contributed by atoms with Gasteiger partial charge in [-0.15, -0.1) is 0 Å². The van der Waals surface area contributed by atoms with Gasteiger partial charge in [0.15, 0.2) is 0 Å². The molecule has 0 aliphatic carbocycles. The van der Waals surface area contributed by atoms with E-state index in [0.29, 0.717) is 11.3 Å². The van der Waals surface area contributed by atoms with E-state index in [-0.39, 0.29) is 17.1 Å². The third kappa shape index (κ3) is 2.79. The number of rotatable bonds is 3. The molecule has 6 nitrogen and oxygen atoms in total. The molecule has 0 atom stereocenters. The van der Waals surface area contributed by atoms with Gasteiger partial charge in [-0.3, -0.25) is 10.1 Å². The zero-order valence-corrected chi connectivity index (χ0v) is 9.74. The van der Waals surface area contributed by atoms with Crippen LogP contribution in [0.5, 0.6) is 11.5 Å². The van der Waals surface area contributed by atoms with Gasteiger partial charge in [0, 0.05) is 17.8 Å². The van der Waals surface area contributed by atoms with Crippen molar-refractivity contribution in [1.82, 2.24) is 0 Å². The van der Waals surface area contributed by atoms with Crippen LogP contribution >= 0.6 is 0 Å². The highest BCUT2D eigenvalue weighted by Gasteiger charge is 2.11. The van der Waals surface area contributed by atoms with Crippen molar-refractivity contribution in [2.45, 2.75) is 0 Å². The van der Waals surface area contributed by atoms with Gasteiger partial charge in [-0.05, 0) is 12.1 Å². The number of ether oxygens (including phenoxy) is 1. The molecule has 19 heavy (non-hydrogen) atoms. The Balaban J connectivity index is 2.39. The van der Waals surface area contributed by atoms with Gasteiger partial charge in [0.2, 0.25) is 0 Å². The van der Waals surface area contributed by atoms with Crippen molar-refractivity contribution in [3.8, 4) is 17.6 Å². The molecule has 0 heterocycles. The second-order valence-electron chi connectivity index (χ2n) is 3.73. The van der Waals surface area contributed by atoms with Gasteiger partial charge in [-0.1, -0.05) is 12.1 Å². The molecule has 0 saturated carbocycles. The summed E-state index contributed by atoms with van der Waals surface area (Å²) in [5.41, 5.74) is 5.97. The predicted octanol–water partition coefficient (Wildman–Crippen LogP) is 2.84. The number of hydrogen-bond donors (Lipinski definition) is 1. The van der Waals surface area contributed by atoms with Crippen LogP contribution in [-0.4, -0.2) is 4.92 Å². The molecule has 0 radical (unpaired) electrons. The average Bonchev–Trinajstić information content (AvgIpc) is 2.38. The van der Waals surface area contributed by atoms with Crippen molar-refractivity contribution in [3.63, 3.8) is 0 Å². The van der Waals surface area contributed by atoms with Gasteiger partial charge >= 0.3 is 0 Å². The van der Waals surface area contributed by atoms with E-state index < -0.39 is 4.92 Å². The first-order valence-corrected chi connectivity index (χ1v) is 5.32. The molecule has 0 unspecified atom stereocenters. The summed E-state index contributed by atoms with van der Waals surface area (Å²) in [5.74, 6) is 0.541. The summed E-state index contributed by atoms with van der Waals surface area (Å²) in [6.07, 6.45) is 0. The largest absolute Gasteiger partial charge is 0.456 e. The van der Waals surface area contributed by atoms with Crippen LogP contribution in [-0.2, 0) is 0 Å². The Labute approximate surface area is 108 Å². The van der Waals surface area contributed by atoms with Gasteiger partial charge in [0.1, 0.15) is 17.6 Å². The molecule has 6 heteroatoms. The molecular weight excluding hydrogens is 246 g/mol. The number of nitro benzene ring substituents is 1. The van der Waals surface area contributed by atoms with E-state index in [1.807, 2.05) is 6.07 Å². The smallest absolute Gasteiger partial charge is 0.275 e. The lowest BCUT2D eigenvalue weighted by Gasteiger charge is -2.07. The Bertz CT molecular complexity index is 677. The standard InChI is InChI=1S/C13H9N3O3/c14-8-9-3-1-2-4-13(9)19-12-6-10(15)5-11(7-12)16(17)18/h1-7H,15H2. The molecule has 2 rings (SSSR count). The number of nitro groups is 1.